The summed E-state index contributed by atoms with van der Waals surface area (Å²) in [5.41, 5.74) is 4.20. The average Bonchev–Trinajstić information content (AvgIpc) is 3.20. The molecule has 0 spiro atoms. The second-order valence-corrected chi connectivity index (χ2v) is 8.15. The van der Waals surface area contributed by atoms with Crippen molar-refractivity contribution in [2.24, 2.45) is 0 Å². The molecule has 5 nitrogen and oxygen atoms in total. The number of esters is 1. The molecule has 0 radical (unpaired) electrons. The summed E-state index contributed by atoms with van der Waals surface area (Å²) in [6.45, 7) is 7.85. The van der Waals surface area contributed by atoms with Crippen LogP contribution in [0.5, 0.6) is 0 Å². The Balaban J connectivity index is 1.72. The molecule has 0 fully saturated rings. The van der Waals surface area contributed by atoms with Crippen molar-refractivity contribution in [3.63, 3.8) is 0 Å². The number of anilines is 2. The van der Waals surface area contributed by atoms with Crippen molar-refractivity contribution in [1.29, 1.82) is 0 Å². The van der Waals surface area contributed by atoms with E-state index in [-0.39, 0.29) is 18.5 Å². The highest BCUT2D eigenvalue weighted by molar-refractivity contribution is 7.14. The standard InChI is InChI=1S/C24H26N2O3S/c1-5-18-8-6-7-9-22(18)26(17(4)27)24-25-21(15-30-24)14-29-23(28)20-12-10-19(11-13-20)16(2)3/h6-13,15-16H,5,14H2,1-4H3. The predicted octanol–water partition coefficient (Wildman–Crippen LogP) is 5.87. The maximum Gasteiger partial charge on any atom is 0.338 e. The molecule has 0 aliphatic heterocycles. The minimum atomic E-state index is -0.389. The van der Waals surface area contributed by atoms with Gasteiger partial charge in [0.1, 0.15) is 6.61 Å². The second kappa shape index (κ2) is 9.67. The summed E-state index contributed by atoms with van der Waals surface area (Å²) >= 11 is 1.36. The lowest BCUT2D eigenvalue weighted by Gasteiger charge is -2.20. The van der Waals surface area contributed by atoms with Crippen LogP contribution in [0.25, 0.3) is 0 Å². The molecule has 0 N–H and O–H groups in total. The summed E-state index contributed by atoms with van der Waals surface area (Å²) in [6, 6.07) is 15.2. The summed E-state index contributed by atoms with van der Waals surface area (Å²) < 4.78 is 5.42. The number of ether oxygens (including phenoxy) is 1. The lowest BCUT2D eigenvalue weighted by molar-refractivity contribution is -0.115. The van der Waals surface area contributed by atoms with Gasteiger partial charge >= 0.3 is 5.97 Å². The van der Waals surface area contributed by atoms with E-state index in [1.807, 2.05) is 41.8 Å². The lowest BCUT2D eigenvalue weighted by Crippen LogP contribution is -2.23. The van der Waals surface area contributed by atoms with Crippen LogP contribution in [0.2, 0.25) is 0 Å². The number of aromatic nitrogens is 1. The monoisotopic (exact) mass is 422 g/mol. The molecular weight excluding hydrogens is 396 g/mol. The minimum Gasteiger partial charge on any atom is -0.456 e. The van der Waals surface area contributed by atoms with E-state index in [2.05, 4.69) is 25.8 Å². The molecule has 2 aromatic carbocycles. The number of hydrogen-bond acceptors (Lipinski definition) is 5. The maximum atomic E-state index is 12.4. The van der Waals surface area contributed by atoms with Crippen molar-refractivity contribution in [1.82, 2.24) is 4.98 Å². The molecular formula is C24H26N2O3S. The molecule has 0 saturated carbocycles. The Morgan fingerprint density at radius 3 is 2.43 bits per heavy atom. The molecule has 156 valence electrons. The molecule has 3 aromatic rings. The SMILES string of the molecule is CCc1ccccc1N(C(C)=O)c1nc(COC(=O)c2ccc(C(C)C)cc2)cs1. The van der Waals surface area contributed by atoms with E-state index in [0.29, 0.717) is 22.3 Å². The molecule has 3 rings (SSSR count). The second-order valence-electron chi connectivity index (χ2n) is 7.31. The fraction of sp³-hybridized carbons (Fsp3) is 0.292. The Morgan fingerprint density at radius 1 is 1.10 bits per heavy atom. The van der Waals surface area contributed by atoms with Crippen molar-refractivity contribution >= 4 is 34.0 Å². The van der Waals surface area contributed by atoms with Gasteiger partial charge in [-0.15, -0.1) is 11.3 Å². The molecule has 1 aromatic heterocycles. The Morgan fingerprint density at radius 2 is 1.80 bits per heavy atom. The average molecular weight is 423 g/mol. The number of nitrogens with zero attached hydrogens (tertiary/aromatic N) is 2. The number of thiazole rings is 1. The zero-order chi connectivity index (χ0) is 21.7. The van der Waals surface area contributed by atoms with Crippen molar-refractivity contribution in [2.45, 2.75) is 46.6 Å². The zero-order valence-corrected chi connectivity index (χ0v) is 18.5. The number of carbonyl (C=O) groups is 2. The van der Waals surface area contributed by atoms with Gasteiger partial charge in [-0.1, -0.05) is 51.1 Å². The molecule has 0 unspecified atom stereocenters. The van der Waals surface area contributed by atoms with Crippen LogP contribution in [0.15, 0.2) is 53.9 Å². The van der Waals surface area contributed by atoms with Gasteiger partial charge in [0.25, 0.3) is 0 Å². The van der Waals surface area contributed by atoms with Gasteiger partial charge in [0.05, 0.1) is 16.9 Å². The predicted molar refractivity (Wildman–Crippen MR) is 120 cm³/mol. The van der Waals surface area contributed by atoms with Crippen LogP contribution < -0.4 is 4.90 Å². The van der Waals surface area contributed by atoms with Gasteiger partial charge in [-0.05, 0) is 41.7 Å². The number of para-hydroxylation sites is 1. The minimum absolute atomic E-state index is 0.0580. The molecule has 0 aliphatic rings. The highest BCUT2D eigenvalue weighted by Crippen LogP contribution is 2.32. The quantitative estimate of drug-likeness (QED) is 0.447. The van der Waals surface area contributed by atoms with Gasteiger partial charge in [-0.3, -0.25) is 9.69 Å². The molecule has 0 aliphatic carbocycles. The topological polar surface area (TPSA) is 59.5 Å². The lowest BCUT2D eigenvalue weighted by atomic mass is 10.0. The number of rotatable bonds is 7. The van der Waals surface area contributed by atoms with Crippen molar-refractivity contribution in [3.8, 4) is 0 Å². The van der Waals surface area contributed by atoms with Gasteiger partial charge in [0.15, 0.2) is 5.13 Å². The summed E-state index contributed by atoms with van der Waals surface area (Å²) in [7, 11) is 0. The molecule has 0 atom stereocenters. The Hall–Kier alpha value is -2.99. The van der Waals surface area contributed by atoms with Crippen LogP contribution in [0.3, 0.4) is 0 Å². The van der Waals surface area contributed by atoms with Crippen LogP contribution in [-0.2, 0) is 22.6 Å². The highest BCUT2D eigenvalue weighted by atomic mass is 32.1. The zero-order valence-electron chi connectivity index (χ0n) is 17.7. The van der Waals surface area contributed by atoms with Crippen molar-refractivity contribution in [2.75, 3.05) is 4.90 Å². The third-order valence-electron chi connectivity index (χ3n) is 4.82. The maximum absolute atomic E-state index is 12.4. The van der Waals surface area contributed by atoms with Crippen LogP contribution in [-0.4, -0.2) is 16.9 Å². The van der Waals surface area contributed by atoms with Crippen LogP contribution in [0.1, 0.15) is 60.8 Å². The number of aryl methyl sites for hydroxylation is 1. The Labute approximate surface area is 181 Å². The van der Waals surface area contributed by atoms with Gasteiger partial charge in [-0.2, -0.15) is 0 Å². The number of carbonyl (C=O) groups excluding carboxylic acids is 2. The third-order valence-corrected chi connectivity index (χ3v) is 5.70. The summed E-state index contributed by atoms with van der Waals surface area (Å²) in [5.74, 6) is -0.0933. The third kappa shape index (κ3) is 4.94. The Bertz CT molecular complexity index is 1020. The van der Waals surface area contributed by atoms with E-state index < -0.39 is 0 Å². The van der Waals surface area contributed by atoms with Crippen LogP contribution >= 0.6 is 11.3 Å². The first-order valence-electron chi connectivity index (χ1n) is 10.0. The van der Waals surface area contributed by atoms with Gasteiger partial charge in [0, 0.05) is 12.3 Å². The number of amides is 1. The summed E-state index contributed by atoms with van der Waals surface area (Å²) in [4.78, 5) is 30.8. The van der Waals surface area contributed by atoms with Crippen molar-refractivity contribution < 1.29 is 14.3 Å². The van der Waals surface area contributed by atoms with Gasteiger partial charge in [0.2, 0.25) is 5.91 Å². The summed E-state index contributed by atoms with van der Waals surface area (Å²) in [5, 5.41) is 2.38. The smallest absolute Gasteiger partial charge is 0.338 e. The number of benzene rings is 2. The first-order valence-corrected chi connectivity index (χ1v) is 10.9. The molecule has 30 heavy (non-hydrogen) atoms. The Kier molecular flexibility index (Phi) is 7.00. The normalized spacial score (nSPS) is 10.8. The fourth-order valence-electron chi connectivity index (χ4n) is 3.13. The van der Waals surface area contributed by atoms with E-state index in [4.69, 9.17) is 4.74 Å². The largest absolute Gasteiger partial charge is 0.456 e. The van der Waals surface area contributed by atoms with Crippen molar-refractivity contribution in [3.05, 3.63) is 76.3 Å². The van der Waals surface area contributed by atoms with E-state index in [9.17, 15) is 9.59 Å². The summed E-state index contributed by atoms with van der Waals surface area (Å²) in [6.07, 6.45) is 0.811. The van der Waals surface area contributed by atoms with Gasteiger partial charge in [-0.25, -0.2) is 9.78 Å². The van der Waals surface area contributed by atoms with E-state index in [1.54, 1.807) is 17.0 Å². The fourth-order valence-corrected chi connectivity index (χ4v) is 3.99. The molecule has 0 bridgehead atoms. The van der Waals surface area contributed by atoms with Gasteiger partial charge < -0.3 is 4.74 Å². The molecule has 1 heterocycles. The first kappa shape index (κ1) is 21.7. The first-order chi connectivity index (χ1) is 14.4. The molecule has 0 saturated heterocycles. The highest BCUT2D eigenvalue weighted by Gasteiger charge is 2.20. The van der Waals surface area contributed by atoms with Crippen LogP contribution in [0, 0.1) is 0 Å². The van der Waals surface area contributed by atoms with E-state index in [0.717, 1.165) is 17.7 Å². The van der Waals surface area contributed by atoms with E-state index >= 15 is 0 Å². The molecule has 6 heteroatoms. The number of hydrogen-bond donors (Lipinski definition) is 0. The van der Waals surface area contributed by atoms with E-state index in [1.165, 1.54) is 23.8 Å². The molecule has 1 amide bonds. The van der Waals surface area contributed by atoms with Crippen LogP contribution in [0.4, 0.5) is 10.8 Å².